The summed E-state index contributed by atoms with van der Waals surface area (Å²) in [5.74, 6) is -0.820. The van der Waals surface area contributed by atoms with Crippen LogP contribution in [0.15, 0.2) is 15.9 Å². The molecular formula is C8H10BrNO2S. The van der Waals surface area contributed by atoms with Crippen molar-refractivity contribution < 1.29 is 9.90 Å². The predicted octanol–water partition coefficient (Wildman–Crippen LogP) is 2.20. The van der Waals surface area contributed by atoms with Crippen LogP contribution in [0.5, 0.6) is 0 Å². The predicted molar refractivity (Wildman–Crippen MR) is 56.1 cm³/mol. The first-order valence-electron chi connectivity index (χ1n) is 3.65. The third kappa shape index (κ3) is 2.52. The molecule has 72 valence electrons. The van der Waals surface area contributed by atoms with E-state index < -0.39 is 12.0 Å². The van der Waals surface area contributed by atoms with E-state index >= 15 is 0 Å². The van der Waals surface area contributed by atoms with Gasteiger partial charge in [0.05, 0.1) is 0 Å². The normalized spacial score (nSPS) is 13.2. The molecule has 0 fully saturated rings. The number of aliphatic carboxylic acids is 1. The zero-order valence-electron chi connectivity index (χ0n) is 7.32. The molecule has 0 spiro atoms. The molecule has 1 heterocycles. The average molecular weight is 264 g/mol. The maximum absolute atomic E-state index is 10.9. The van der Waals surface area contributed by atoms with Gasteiger partial charge in [-0.15, -0.1) is 11.3 Å². The van der Waals surface area contributed by atoms with Crippen molar-refractivity contribution in [1.82, 2.24) is 4.90 Å². The van der Waals surface area contributed by atoms with E-state index in [0.29, 0.717) is 0 Å². The van der Waals surface area contributed by atoms with E-state index in [-0.39, 0.29) is 0 Å². The van der Waals surface area contributed by atoms with Gasteiger partial charge in [0.1, 0.15) is 6.04 Å². The van der Waals surface area contributed by atoms with E-state index in [1.54, 1.807) is 19.0 Å². The second-order valence-electron chi connectivity index (χ2n) is 2.87. The zero-order chi connectivity index (χ0) is 10.0. The monoisotopic (exact) mass is 263 g/mol. The standard InChI is InChI=1S/C8H10BrNO2S/c1-10(2)7(8(11)12)6-3-5(9)4-13-6/h3-4,7H,1-2H3,(H,11,12)/t7-/m0/s1. The van der Waals surface area contributed by atoms with Gasteiger partial charge in [-0.25, -0.2) is 0 Å². The van der Waals surface area contributed by atoms with Crippen LogP contribution in [0.3, 0.4) is 0 Å². The van der Waals surface area contributed by atoms with Gasteiger partial charge in [0.25, 0.3) is 0 Å². The number of carbonyl (C=O) groups is 1. The fraction of sp³-hybridized carbons (Fsp3) is 0.375. The van der Waals surface area contributed by atoms with Crippen LogP contribution in [0.1, 0.15) is 10.9 Å². The van der Waals surface area contributed by atoms with Crippen molar-refractivity contribution in [3.63, 3.8) is 0 Å². The van der Waals surface area contributed by atoms with Crippen LogP contribution >= 0.6 is 27.3 Å². The van der Waals surface area contributed by atoms with Gasteiger partial charge < -0.3 is 5.11 Å². The van der Waals surface area contributed by atoms with Gasteiger partial charge in [-0.3, -0.25) is 9.69 Å². The molecule has 1 rings (SSSR count). The van der Waals surface area contributed by atoms with Gasteiger partial charge in [-0.05, 0) is 36.1 Å². The first-order valence-corrected chi connectivity index (χ1v) is 5.33. The number of carboxylic acids is 1. The SMILES string of the molecule is CN(C)[C@H](C(=O)O)c1cc(Br)cs1. The molecule has 1 atom stereocenters. The minimum absolute atomic E-state index is 0.545. The molecule has 1 aromatic heterocycles. The molecule has 0 saturated heterocycles. The molecule has 0 unspecified atom stereocenters. The van der Waals surface area contributed by atoms with E-state index in [1.165, 1.54) is 11.3 Å². The molecule has 0 amide bonds. The van der Waals surface area contributed by atoms with Crippen LogP contribution < -0.4 is 0 Å². The minimum Gasteiger partial charge on any atom is -0.480 e. The molecule has 5 heteroatoms. The number of thiophene rings is 1. The Kier molecular flexibility index (Phi) is 3.47. The quantitative estimate of drug-likeness (QED) is 0.909. The number of nitrogens with zero attached hydrogens (tertiary/aromatic N) is 1. The van der Waals surface area contributed by atoms with Gasteiger partial charge in [-0.2, -0.15) is 0 Å². The number of likely N-dealkylation sites (N-methyl/N-ethyl adjacent to an activating group) is 1. The van der Waals surface area contributed by atoms with Crippen LogP contribution in [0, 0.1) is 0 Å². The van der Waals surface area contributed by atoms with Crippen molar-refractivity contribution in [3.8, 4) is 0 Å². The van der Waals surface area contributed by atoms with Crippen LogP contribution in [0.2, 0.25) is 0 Å². The lowest BCUT2D eigenvalue weighted by atomic mass is 10.2. The van der Waals surface area contributed by atoms with Gasteiger partial charge in [0, 0.05) is 14.7 Å². The smallest absolute Gasteiger partial charge is 0.326 e. The van der Waals surface area contributed by atoms with Crippen molar-refractivity contribution in [1.29, 1.82) is 0 Å². The summed E-state index contributed by atoms with van der Waals surface area (Å²) in [6.07, 6.45) is 0. The largest absolute Gasteiger partial charge is 0.480 e. The molecular weight excluding hydrogens is 254 g/mol. The Labute approximate surface area is 89.1 Å². The highest BCUT2D eigenvalue weighted by Gasteiger charge is 2.23. The fourth-order valence-electron chi connectivity index (χ4n) is 1.07. The zero-order valence-corrected chi connectivity index (χ0v) is 9.72. The van der Waals surface area contributed by atoms with Gasteiger partial charge in [0.15, 0.2) is 0 Å². The van der Waals surface area contributed by atoms with E-state index in [0.717, 1.165) is 9.35 Å². The summed E-state index contributed by atoms with van der Waals surface area (Å²) in [4.78, 5) is 13.4. The van der Waals surface area contributed by atoms with Crippen LogP contribution in [-0.2, 0) is 4.79 Å². The maximum atomic E-state index is 10.9. The van der Waals surface area contributed by atoms with Crippen LogP contribution in [0.25, 0.3) is 0 Å². The maximum Gasteiger partial charge on any atom is 0.326 e. The van der Waals surface area contributed by atoms with Crippen LogP contribution in [0.4, 0.5) is 0 Å². The summed E-state index contributed by atoms with van der Waals surface area (Å²) in [5, 5.41) is 10.8. The molecule has 0 bridgehead atoms. The molecule has 1 N–H and O–H groups in total. The number of hydrogen-bond donors (Lipinski definition) is 1. The molecule has 0 aromatic carbocycles. The average Bonchev–Trinajstić information content (AvgIpc) is 2.34. The molecule has 0 saturated carbocycles. The van der Waals surface area contributed by atoms with Gasteiger partial charge >= 0.3 is 5.97 Å². The third-order valence-electron chi connectivity index (χ3n) is 1.61. The van der Waals surface area contributed by atoms with Gasteiger partial charge in [0.2, 0.25) is 0 Å². The lowest BCUT2D eigenvalue weighted by Crippen LogP contribution is -2.26. The number of hydrogen-bond acceptors (Lipinski definition) is 3. The topological polar surface area (TPSA) is 40.5 Å². The van der Waals surface area contributed by atoms with Crippen molar-refractivity contribution in [3.05, 3.63) is 20.8 Å². The highest BCUT2D eigenvalue weighted by molar-refractivity contribution is 9.10. The Balaban J connectivity index is 2.95. The lowest BCUT2D eigenvalue weighted by Gasteiger charge is -2.18. The first-order chi connectivity index (χ1) is 6.02. The second-order valence-corrected chi connectivity index (χ2v) is 4.73. The fourth-order valence-corrected chi connectivity index (χ4v) is 2.70. The van der Waals surface area contributed by atoms with Crippen molar-refractivity contribution in [2.45, 2.75) is 6.04 Å². The molecule has 0 aliphatic carbocycles. The van der Waals surface area contributed by atoms with E-state index in [9.17, 15) is 4.79 Å². The van der Waals surface area contributed by atoms with Crippen molar-refractivity contribution in [2.75, 3.05) is 14.1 Å². The number of halogens is 1. The summed E-state index contributed by atoms with van der Waals surface area (Å²) < 4.78 is 0.931. The Morgan fingerprint density at radius 1 is 1.69 bits per heavy atom. The first kappa shape index (κ1) is 10.7. The molecule has 13 heavy (non-hydrogen) atoms. The van der Waals surface area contributed by atoms with Crippen LogP contribution in [-0.4, -0.2) is 30.1 Å². The molecule has 0 aliphatic rings. The van der Waals surface area contributed by atoms with E-state index in [1.807, 2.05) is 11.4 Å². The van der Waals surface area contributed by atoms with Crippen molar-refractivity contribution in [2.24, 2.45) is 0 Å². The summed E-state index contributed by atoms with van der Waals surface area (Å²) in [6.45, 7) is 0. The lowest BCUT2D eigenvalue weighted by molar-refractivity contribution is -0.142. The molecule has 1 aromatic rings. The molecule has 0 aliphatic heterocycles. The summed E-state index contributed by atoms with van der Waals surface area (Å²) in [5.41, 5.74) is 0. The third-order valence-corrected chi connectivity index (χ3v) is 3.35. The van der Waals surface area contributed by atoms with Crippen molar-refractivity contribution >= 4 is 33.2 Å². The Bertz CT molecular complexity index is 311. The Morgan fingerprint density at radius 2 is 2.31 bits per heavy atom. The summed E-state index contributed by atoms with van der Waals surface area (Å²) >= 11 is 4.74. The molecule has 3 nitrogen and oxygen atoms in total. The number of rotatable bonds is 3. The highest BCUT2D eigenvalue weighted by atomic mass is 79.9. The summed E-state index contributed by atoms with van der Waals surface area (Å²) in [7, 11) is 3.51. The minimum atomic E-state index is -0.820. The Morgan fingerprint density at radius 3 is 2.62 bits per heavy atom. The van der Waals surface area contributed by atoms with E-state index in [4.69, 9.17) is 5.11 Å². The highest BCUT2D eigenvalue weighted by Crippen LogP contribution is 2.28. The van der Waals surface area contributed by atoms with E-state index in [2.05, 4.69) is 15.9 Å². The van der Waals surface area contributed by atoms with Gasteiger partial charge in [-0.1, -0.05) is 0 Å². The summed E-state index contributed by atoms with van der Waals surface area (Å²) in [6, 6.07) is 1.29. The second kappa shape index (κ2) is 4.21. The Hall–Kier alpha value is -0.390. The molecule has 0 radical (unpaired) electrons. The number of carboxylic acid groups (broad SMARTS) is 1.